The minimum Gasteiger partial charge on any atom is -0.497 e. The number of rotatable bonds is 8. The summed E-state index contributed by atoms with van der Waals surface area (Å²) < 4.78 is 16.6. The summed E-state index contributed by atoms with van der Waals surface area (Å²) in [6.45, 7) is 4.69. The molecule has 1 aliphatic rings. The maximum absolute atomic E-state index is 12.9. The van der Waals surface area contributed by atoms with E-state index in [4.69, 9.17) is 13.9 Å². The van der Waals surface area contributed by atoms with Crippen LogP contribution in [0.4, 0.5) is 5.69 Å². The lowest BCUT2D eigenvalue weighted by Crippen LogP contribution is -2.40. The number of fused-ring (bicyclic) bond motifs is 1. The van der Waals surface area contributed by atoms with Crippen LogP contribution >= 0.6 is 0 Å². The first-order chi connectivity index (χ1) is 18.9. The van der Waals surface area contributed by atoms with E-state index in [1.54, 1.807) is 31.4 Å². The van der Waals surface area contributed by atoms with Crippen LogP contribution in [0.15, 0.2) is 77.4 Å². The number of oxazole rings is 1. The van der Waals surface area contributed by atoms with Crippen LogP contribution in [0.5, 0.6) is 11.5 Å². The number of nitrogens with one attached hydrogen (secondary N) is 1. The van der Waals surface area contributed by atoms with Crippen molar-refractivity contribution < 1.29 is 23.5 Å². The van der Waals surface area contributed by atoms with E-state index in [1.165, 1.54) is 11.8 Å². The molecule has 1 atom stereocenters. The largest absolute Gasteiger partial charge is 0.497 e. The Balaban J connectivity index is 1.31. The van der Waals surface area contributed by atoms with Gasteiger partial charge in [0.05, 0.1) is 13.2 Å². The molecule has 200 valence electrons. The van der Waals surface area contributed by atoms with Crippen molar-refractivity contribution >= 4 is 17.5 Å². The Hall–Kier alpha value is -4.59. The number of aromatic nitrogens is 1. The Morgan fingerprint density at radius 2 is 1.87 bits per heavy atom. The summed E-state index contributed by atoms with van der Waals surface area (Å²) in [6, 6.07) is 21.1. The van der Waals surface area contributed by atoms with Gasteiger partial charge in [0.2, 0.25) is 11.8 Å². The number of carbonyl (C=O) groups excluding carboxylic acids is 2. The molecule has 8 heteroatoms. The molecule has 0 saturated heterocycles. The van der Waals surface area contributed by atoms with E-state index < -0.39 is 0 Å². The first-order valence-corrected chi connectivity index (χ1v) is 13.0. The Morgan fingerprint density at radius 3 is 2.62 bits per heavy atom. The van der Waals surface area contributed by atoms with Gasteiger partial charge in [0, 0.05) is 18.7 Å². The van der Waals surface area contributed by atoms with E-state index in [0.29, 0.717) is 30.2 Å². The summed E-state index contributed by atoms with van der Waals surface area (Å²) in [5.41, 5.74) is 5.25. The van der Waals surface area contributed by atoms with Crippen LogP contribution in [-0.2, 0) is 17.8 Å². The molecule has 0 fully saturated rings. The normalized spacial score (nSPS) is 14.4. The molecule has 2 heterocycles. The van der Waals surface area contributed by atoms with Crippen LogP contribution in [0.3, 0.4) is 0 Å². The predicted octanol–water partition coefficient (Wildman–Crippen LogP) is 5.71. The molecule has 5 rings (SSSR count). The van der Waals surface area contributed by atoms with Crippen molar-refractivity contribution in [2.24, 2.45) is 0 Å². The van der Waals surface area contributed by atoms with Gasteiger partial charge in [0.1, 0.15) is 17.8 Å². The quantitative estimate of drug-likeness (QED) is 0.317. The number of hydrogen-bond acceptors (Lipinski definition) is 6. The molecule has 1 aliphatic heterocycles. The summed E-state index contributed by atoms with van der Waals surface area (Å²) in [5, 5.41) is 2.78. The molecule has 1 unspecified atom stereocenters. The standard InChI is InChI=1S/C31H31N3O5/c1-4-29(35)34-15-14-21-8-11-25(17-26(21)30(34)22-7-5-6-20(2)16-22)38-19-28-33-27(18-39-28)31(36)32-23-9-12-24(37-3)13-10-23/h5-13,16-18,30H,4,14-15,19H2,1-3H3,(H,32,36). The average Bonchev–Trinajstić information content (AvgIpc) is 3.44. The van der Waals surface area contributed by atoms with Gasteiger partial charge in [-0.1, -0.05) is 42.8 Å². The van der Waals surface area contributed by atoms with E-state index in [-0.39, 0.29) is 36.0 Å². The molecule has 4 aromatic rings. The molecule has 0 aliphatic carbocycles. The molecule has 8 nitrogen and oxygen atoms in total. The zero-order chi connectivity index (χ0) is 27.4. The summed E-state index contributed by atoms with van der Waals surface area (Å²) in [4.78, 5) is 31.7. The van der Waals surface area contributed by atoms with Gasteiger partial charge in [-0.2, -0.15) is 0 Å². The third-order valence-corrected chi connectivity index (χ3v) is 6.82. The number of ether oxygens (including phenoxy) is 2. The van der Waals surface area contributed by atoms with Gasteiger partial charge < -0.3 is 24.1 Å². The van der Waals surface area contributed by atoms with Gasteiger partial charge in [-0.25, -0.2) is 4.98 Å². The van der Waals surface area contributed by atoms with Gasteiger partial charge in [-0.15, -0.1) is 0 Å². The fraction of sp³-hybridized carbons (Fsp3) is 0.258. The molecule has 2 amide bonds. The highest BCUT2D eigenvalue weighted by molar-refractivity contribution is 6.02. The Labute approximate surface area is 227 Å². The molecule has 0 saturated carbocycles. The van der Waals surface area contributed by atoms with Gasteiger partial charge in [-0.05, 0) is 66.4 Å². The molecule has 0 bridgehead atoms. The Bertz CT molecular complexity index is 1480. The number of hydrogen-bond donors (Lipinski definition) is 1. The van der Waals surface area contributed by atoms with Crippen LogP contribution in [-0.4, -0.2) is 35.4 Å². The third kappa shape index (κ3) is 5.80. The van der Waals surface area contributed by atoms with Crippen molar-refractivity contribution in [1.29, 1.82) is 0 Å². The van der Waals surface area contributed by atoms with Crippen LogP contribution in [0.2, 0.25) is 0 Å². The summed E-state index contributed by atoms with van der Waals surface area (Å²) in [6.07, 6.45) is 2.55. The fourth-order valence-corrected chi connectivity index (χ4v) is 4.85. The van der Waals surface area contributed by atoms with E-state index in [0.717, 1.165) is 23.1 Å². The number of anilines is 1. The van der Waals surface area contributed by atoms with E-state index in [2.05, 4.69) is 41.5 Å². The average molecular weight is 526 g/mol. The second kappa shape index (κ2) is 11.4. The van der Waals surface area contributed by atoms with Crippen LogP contribution in [0, 0.1) is 6.92 Å². The van der Waals surface area contributed by atoms with Gasteiger partial charge in [-0.3, -0.25) is 9.59 Å². The Morgan fingerprint density at radius 1 is 1.08 bits per heavy atom. The summed E-state index contributed by atoms with van der Waals surface area (Å²) in [7, 11) is 1.58. The first-order valence-electron chi connectivity index (χ1n) is 13.0. The number of methoxy groups -OCH3 is 1. The van der Waals surface area contributed by atoms with Crippen molar-refractivity contribution in [1.82, 2.24) is 9.88 Å². The highest BCUT2D eigenvalue weighted by Crippen LogP contribution is 2.38. The topological polar surface area (TPSA) is 93.9 Å². The van der Waals surface area contributed by atoms with Crippen LogP contribution in [0.1, 0.15) is 58.0 Å². The second-order valence-corrected chi connectivity index (χ2v) is 9.47. The van der Waals surface area contributed by atoms with E-state index in [9.17, 15) is 9.59 Å². The fourth-order valence-electron chi connectivity index (χ4n) is 4.85. The zero-order valence-electron chi connectivity index (χ0n) is 22.3. The smallest absolute Gasteiger partial charge is 0.277 e. The molecule has 1 aromatic heterocycles. The SMILES string of the molecule is CCC(=O)N1CCc2ccc(OCc3nc(C(=O)Nc4ccc(OC)cc4)co3)cc2C1c1cccc(C)c1. The molecule has 0 radical (unpaired) electrons. The molecular weight excluding hydrogens is 494 g/mol. The highest BCUT2D eigenvalue weighted by atomic mass is 16.5. The molecule has 1 N–H and O–H groups in total. The van der Waals surface area contributed by atoms with E-state index in [1.807, 2.05) is 30.0 Å². The lowest BCUT2D eigenvalue weighted by atomic mass is 9.87. The maximum atomic E-state index is 12.9. The number of aryl methyl sites for hydroxylation is 1. The predicted molar refractivity (Wildman–Crippen MR) is 147 cm³/mol. The van der Waals surface area contributed by atoms with Gasteiger partial charge >= 0.3 is 0 Å². The number of amides is 2. The molecule has 3 aromatic carbocycles. The zero-order valence-corrected chi connectivity index (χ0v) is 22.3. The van der Waals surface area contributed by atoms with Crippen molar-refractivity contribution in [3.63, 3.8) is 0 Å². The second-order valence-electron chi connectivity index (χ2n) is 9.47. The van der Waals surface area contributed by atoms with Crippen molar-refractivity contribution in [2.75, 3.05) is 19.0 Å². The minimum atomic E-state index is -0.384. The van der Waals surface area contributed by atoms with Crippen LogP contribution < -0.4 is 14.8 Å². The van der Waals surface area contributed by atoms with Crippen molar-refractivity contribution in [2.45, 2.75) is 39.3 Å². The molecule has 39 heavy (non-hydrogen) atoms. The van der Waals surface area contributed by atoms with Gasteiger partial charge in [0.15, 0.2) is 12.3 Å². The Kier molecular flexibility index (Phi) is 7.63. The number of benzene rings is 3. The molecule has 0 spiro atoms. The molecular formula is C31H31N3O5. The third-order valence-electron chi connectivity index (χ3n) is 6.82. The lowest BCUT2D eigenvalue weighted by molar-refractivity contribution is -0.132. The highest BCUT2D eigenvalue weighted by Gasteiger charge is 2.31. The monoisotopic (exact) mass is 525 g/mol. The van der Waals surface area contributed by atoms with Crippen molar-refractivity contribution in [3.8, 4) is 11.5 Å². The van der Waals surface area contributed by atoms with Gasteiger partial charge in [0.25, 0.3) is 5.91 Å². The van der Waals surface area contributed by atoms with E-state index >= 15 is 0 Å². The van der Waals surface area contributed by atoms with Crippen LogP contribution in [0.25, 0.3) is 0 Å². The van der Waals surface area contributed by atoms with Crippen molar-refractivity contribution in [3.05, 3.63) is 107 Å². The number of nitrogens with zero attached hydrogens (tertiary/aromatic N) is 2. The number of carbonyl (C=O) groups is 2. The maximum Gasteiger partial charge on any atom is 0.277 e. The summed E-state index contributed by atoms with van der Waals surface area (Å²) in [5.74, 6) is 1.36. The lowest BCUT2D eigenvalue weighted by Gasteiger charge is -2.38. The first kappa shape index (κ1) is 26.0. The summed E-state index contributed by atoms with van der Waals surface area (Å²) >= 11 is 0. The minimum absolute atomic E-state index is 0.0569.